The van der Waals surface area contributed by atoms with Gasteiger partial charge >= 0.3 is 0 Å². The maximum absolute atomic E-state index is 13.0. The molecule has 1 saturated heterocycles. The molecule has 1 N–H and O–H groups in total. The topological polar surface area (TPSA) is 91.8 Å². The zero-order chi connectivity index (χ0) is 23.7. The number of nitriles is 1. The van der Waals surface area contributed by atoms with Crippen LogP contribution in [0.5, 0.6) is 0 Å². The monoisotopic (exact) mass is 475 g/mol. The zero-order valence-corrected chi connectivity index (χ0v) is 20.4. The van der Waals surface area contributed by atoms with E-state index in [9.17, 15) is 10.1 Å². The minimum atomic E-state index is -0.166. The van der Waals surface area contributed by atoms with E-state index in [1.54, 1.807) is 0 Å². The van der Waals surface area contributed by atoms with Gasteiger partial charge in [-0.1, -0.05) is 30.0 Å². The number of carbonyl (C=O) groups excluding carboxylic acids is 1. The molecule has 2 fully saturated rings. The molecular weight excluding hydrogens is 446 g/mol. The summed E-state index contributed by atoms with van der Waals surface area (Å²) in [5, 5.41) is 22.5. The van der Waals surface area contributed by atoms with Crippen molar-refractivity contribution in [1.29, 1.82) is 5.26 Å². The first kappa shape index (κ1) is 22.5. The van der Waals surface area contributed by atoms with E-state index >= 15 is 0 Å². The van der Waals surface area contributed by atoms with E-state index in [1.165, 1.54) is 31.0 Å². The van der Waals surface area contributed by atoms with Crippen LogP contribution in [-0.2, 0) is 4.79 Å². The van der Waals surface area contributed by atoms with Crippen LogP contribution in [0.1, 0.15) is 55.0 Å². The van der Waals surface area contributed by atoms with Crippen molar-refractivity contribution in [2.24, 2.45) is 0 Å². The predicted molar refractivity (Wildman–Crippen MR) is 134 cm³/mol. The van der Waals surface area contributed by atoms with Gasteiger partial charge in [0, 0.05) is 30.5 Å². The molecular formula is C25H29N7OS. The number of nitrogens with zero attached hydrogens (tertiary/aromatic N) is 6. The Morgan fingerprint density at radius 3 is 2.56 bits per heavy atom. The van der Waals surface area contributed by atoms with Crippen molar-refractivity contribution < 1.29 is 4.79 Å². The predicted octanol–water partition coefficient (Wildman–Crippen LogP) is 4.61. The summed E-state index contributed by atoms with van der Waals surface area (Å²) < 4.78 is 4.17. The number of rotatable bonds is 7. The van der Waals surface area contributed by atoms with Crippen LogP contribution < -0.4 is 10.2 Å². The lowest BCUT2D eigenvalue weighted by Crippen LogP contribution is -2.32. The maximum atomic E-state index is 13.0. The van der Waals surface area contributed by atoms with E-state index in [-0.39, 0.29) is 11.7 Å². The molecule has 0 unspecified atom stereocenters. The number of thioether (sulfide) groups is 1. The van der Waals surface area contributed by atoms with Crippen molar-refractivity contribution in [3.63, 3.8) is 0 Å². The number of nitrogens with one attached hydrogen (secondary N) is 1. The van der Waals surface area contributed by atoms with Crippen LogP contribution in [0, 0.1) is 25.2 Å². The number of piperidine rings is 1. The summed E-state index contributed by atoms with van der Waals surface area (Å²) in [5.74, 6) is 1.50. The molecule has 1 aliphatic heterocycles. The number of para-hydroxylation sites is 1. The minimum absolute atomic E-state index is 0.166. The Kier molecular flexibility index (Phi) is 6.33. The summed E-state index contributed by atoms with van der Waals surface area (Å²) in [5.41, 5.74) is 3.21. The molecule has 2 aliphatic rings. The lowest BCUT2D eigenvalue weighted by molar-refractivity contribution is -0.113. The van der Waals surface area contributed by atoms with Gasteiger partial charge < -0.3 is 10.2 Å². The van der Waals surface area contributed by atoms with Crippen molar-refractivity contribution in [2.75, 3.05) is 29.1 Å². The zero-order valence-electron chi connectivity index (χ0n) is 19.6. The highest BCUT2D eigenvalue weighted by Crippen LogP contribution is 2.41. The number of hydrogen-bond donors (Lipinski definition) is 1. The van der Waals surface area contributed by atoms with Gasteiger partial charge in [-0.05, 0) is 63.6 Å². The van der Waals surface area contributed by atoms with Crippen molar-refractivity contribution in [3.05, 3.63) is 47.2 Å². The largest absolute Gasteiger partial charge is 0.341 e. The number of hydrogen-bond acceptors (Lipinski definition) is 6. The molecule has 2 aromatic heterocycles. The van der Waals surface area contributed by atoms with Gasteiger partial charge in [0.25, 0.3) is 0 Å². The summed E-state index contributed by atoms with van der Waals surface area (Å²) in [4.78, 5) is 15.4. The standard InChI is InChI=1S/C25H29N7OS/c1-17-18(2)31(19-9-5-3-6-10-19)23(21(17)15-26)27-22(33)16-34-25-29-28-24(32(25)20-11-12-20)30-13-7-4-8-14-30/h3,5-6,9-10,20H,4,7-8,11-14,16H2,1-2H3,(H,27,33). The lowest BCUT2D eigenvalue weighted by Gasteiger charge is -2.27. The molecule has 176 valence electrons. The third-order valence-corrected chi connectivity index (χ3v) is 7.57. The number of carbonyl (C=O) groups is 1. The average molecular weight is 476 g/mol. The van der Waals surface area contributed by atoms with Crippen LogP contribution in [-0.4, -0.2) is 44.1 Å². The molecule has 0 bridgehead atoms. The van der Waals surface area contributed by atoms with Gasteiger partial charge in [-0.15, -0.1) is 10.2 Å². The summed E-state index contributed by atoms with van der Waals surface area (Å²) in [6, 6.07) is 12.5. The fourth-order valence-electron chi connectivity index (χ4n) is 4.59. The van der Waals surface area contributed by atoms with E-state index in [2.05, 4.69) is 31.1 Å². The number of benzene rings is 1. The van der Waals surface area contributed by atoms with Crippen molar-refractivity contribution >= 4 is 29.4 Å². The third-order valence-electron chi connectivity index (χ3n) is 6.63. The molecule has 1 aromatic carbocycles. The molecule has 1 amide bonds. The van der Waals surface area contributed by atoms with Gasteiger partial charge in [-0.3, -0.25) is 13.9 Å². The molecule has 1 aliphatic carbocycles. The smallest absolute Gasteiger partial charge is 0.236 e. The molecule has 0 radical (unpaired) electrons. The molecule has 3 aromatic rings. The van der Waals surface area contributed by atoms with Crippen LogP contribution in [0.3, 0.4) is 0 Å². The Balaban J connectivity index is 1.35. The highest BCUT2D eigenvalue weighted by Gasteiger charge is 2.32. The molecule has 3 heterocycles. The average Bonchev–Trinajstić information content (AvgIpc) is 3.57. The summed E-state index contributed by atoms with van der Waals surface area (Å²) >= 11 is 1.41. The normalized spacial score (nSPS) is 15.9. The fraction of sp³-hybridized carbons (Fsp3) is 0.440. The quantitative estimate of drug-likeness (QED) is 0.502. The van der Waals surface area contributed by atoms with Gasteiger partial charge in [-0.25, -0.2) is 0 Å². The molecule has 5 rings (SSSR count). The second-order valence-electron chi connectivity index (χ2n) is 8.99. The highest BCUT2D eigenvalue weighted by atomic mass is 32.2. The van der Waals surface area contributed by atoms with Crippen molar-refractivity contribution in [3.8, 4) is 11.8 Å². The Morgan fingerprint density at radius 1 is 1.15 bits per heavy atom. The van der Waals surface area contributed by atoms with E-state index < -0.39 is 0 Å². The van der Waals surface area contributed by atoms with Gasteiger partial charge in [-0.2, -0.15) is 5.26 Å². The maximum Gasteiger partial charge on any atom is 0.236 e. The van der Waals surface area contributed by atoms with Crippen molar-refractivity contribution in [1.82, 2.24) is 19.3 Å². The Morgan fingerprint density at radius 2 is 1.88 bits per heavy atom. The molecule has 0 spiro atoms. The van der Waals surface area contributed by atoms with Crippen LogP contribution in [0.4, 0.5) is 11.8 Å². The van der Waals surface area contributed by atoms with E-state index in [1.807, 2.05) is 48.7 Å². The highest BCUT2D eigenvalue weighted by molar-refractivity contribution is 7.99. The first-order valence-electron chi connectivity index (χ1n) is 11.9. The fourth-order valence-corrected chi connectivity index (χ4v) is 5.39. The van der Waals surface area contributed by atoms with E-state index in [0.717, 1.165) is 54.0 Å². The van der Waals surface area contributed by atoms with Crippen LogP contribution in [0.25, 0.3) is 5.69 Å². The Hall–Kier alpha value is -3.25. The minimum Gasteiger partial charge on any atom is -0.341 e. The molecule has 1 saturated carbocycles. The Bertz CT molecular complexity index is 1230. The van der Waals surface area contributed by atoms with Gasteiger partial charge in [0.05, 0.1) is 11.3 Å². The van der Waals surface area contributed by atoms with Gasteiger partial charge in [0.2, 0.25) is 11.9 Å². The van der Waals surface area contributed by atoms with Crippen LogP contribution in [0.2, 0.25) is 0 Å². The molecule has 8 nitrogen and oxygen atoms in total. The van der Waals surface area contributed by atoms with Gasteiger partial charge in [0.15, 0.2) is 5.16 Å². The molecule has 0 atom stereocenters. The third kappa shape index (κ3) is 4.30. The first-order valence-corrected chi connectivity index (χ1v) is 12.9. The number of anilines is 2. The number of amides is 1. The van der Waals surface area contributed by atoms with Crippen LogP contribution in [0.15, 0.2) is 35.5 Å². The van der Waals surface area contributed by atoms with Crippen molar-refractivity contribution in [2.45, 2.75) is 57.1 Å². The lowest BCUT2D eigenvalue weighted by atomic mass is 10.1. The van der Waals surface area contributed by atoms with Gasteiger partial charge in [0.1, 0.15) is 11.9 Å². The number of aromatic nitrogens is 4. The first-order chi connectivity index (χ1) is 16.6. The molecule has 9 heteroatoms. The summed E-state index contributed by atoms with van der Waals surface area (Å²) in [6.07, 6.45) is 5.90. The second kappa shape index (κ2) is 9.55. The van der Waals surface area contributed by atoms with E-state index in [4.69, 9.17) is 0 Å². The summed E-state index contributed by atoms with van der Waals surface area (Å²) in [6.45, 7) is 5.91. The van der Waals surface area contributed by atoms with E-state index in [0.29, 0.717) is 17.4 Å². The Labute approximate surface area is 204 Å². The summed E-state index contributed by atoms with van der Waals surface area (Å²) in [7, 11) is 0. The SMILES string of the molecule is Cc1c(C#N)c(NC(=O)CSc2nnc(N3CCCCC3)n2C2CC2)n(-c2ccccc2)c1C. The molecule has 34 heavy (non-hydrogen) atoms. The van der Waals surface area contributed by atoms with Crippen LogP contribution >= 0.6 is 11.8 Å². The second-order valence-corrected chi connectivity index (χ2v) is 9.93.